The molecular weight excluding hydrogens is 250 g/mol. The van der Waals surface area contributed by atoms with Crippen LogP contribution in [0.5, 0.6) is 5.75 Å². The molecule has 1 saturated carbocycles. The number of hydrogen-bond acceptors (Lipinski definition) is 3. The van der Waals surface area contributed by atoms with Gasteiger partial charge in [-0.05, 0) is 36.8 Å². The van der Waals surface area contributed by atoms with Crippen molar-refractivity contribution in [1.82, 2.24) is 5.32 Å². The first-order valence-corrected chi connectivity index (χ1v) is 6.71. The molecular formula is C14H20ClNO2. The molecule has 0 heterocycles. The molecule has 0 radical (unpaired) electrons. The van der Waals surface area contributed by atoms with Gasteiger partial charge in [-0.1, -0.05) is 17.7 Å². The second-order valence-corrected chi connectivity index (χ2v) is 5.49. The molecule has 1 aliphatic rings. The highest BCUT2D eigenvalue weighted by atomic mass is 35.5. The fourth-order valence-corrected chi connectivity index (χ4v) is 2.42. The summed E-state index contributed by atoms with van der Waals surface area (Å²) in [5, 5.41) is 13.7. The molecule has 1 aromatic carbocycles. The highest BCUT2D eigenvalue weighted by Crippen LogP contribution is 2.48. The van der Waals surface area contributed by atoms with Gasteiger partial charge in [0.2, 0.25) is 0 Å². The van der Waals surface area contributed by atoms with Crippen molar-refractivity contribution in [2.45, 2.75) is 25.8 Å². The van der Waals surface area contributed by atoms with E-state index in [0.29, 0.717) is 17.0 Å². The van der Waals surface area contributed by atoms with Crippen LogP contribution in [0.1, 0.15) is 24.8 Å². The second-order valence-electron chi connectivity index (χ2n) is 5.08. The summed E-state index contributed by atoms with van der Waals surface area (Å²) >= 11 is 6.06. The number of halogens is 1. The van der Waals surface area contributed by atoms with E-state index in [1.807, 2.05) is 0 Å². The van der Waals surface area contributed by atoms with Crippen molar-refractivity contribution >= 4 is 11.6 Å². The normalized spacial score (nSPS) is 16.8. The van der Waals surface area contributed by atoms with E-state index < -0.39 is 0 Å². The summed E-state index contributed by atoms with van der Waals surface area (Å²) in [4.78, 5) is 0. The number of phenolic OH excluding ortho intramolecular Hbond substituents is 1. The fraction of sp³-hybridized carbons (Fsp3) is 0.571. The summed E-state index contributed by atoms with van der Waals surface area (Å²) < 4.78 is 5.13. The summed E-state index contributed by atoms with van der Waals surface area (Å²) in [7, 11) is 1.74. The number of nitrogens with one attached hydrogen (secondary N) is 1. The summed E-state index contributed by atoms with van der Waals surface area (Å²) in [6.45, 7) is 2.39. The minimum atomic E-state index is 0.261. The molecule has 0 amide bonds. The monoisotopic (exact) mass is 269 g/mol. The highest BCUT2D eigenvalue weighted by molar-refractivity contribution is 6.31. The zero-order valence-corrected chi connectivity index (χ0v) is 11.5. The topological polar surface area (TPSA) is 41.5 Å². The second kappa shape index (κ2) is 5.91. The first-order valence-electron chi connectivity index (χ1n) is 6.33. The Balaban J connectivity index is 1.82. The maximum atomic E-state index is 9.73. The molecule has 2 N–H and O–H groups in total. The van der Waals surface area contributed by atoms with Gasteiger partial charge < -0.3 is 15.2 Å². The van der Waals surface area contributed by atoms with Crippen LogP contribution in [0.4, 0.5) is 0 Å². The Hall–Kier alpha value is -0.770. The SMILES string of the molecule is COCCC1(CNCc2c(O)cccc2Cl)CC1. The van der Waals surface area contributed by atoms with E-state index in [-0.39, 0.29) is 5.75 Å². The third-order valence-electron chi connectivity index (χ3n) is 3.69. The standard InChI is InChI=1S/C14H20ClNO2/c1-18-8-7-14(5-6-14)10-16-9-11-12(15)3-2-4-13(11)17/h2-4,16-17H,5-10H2,1H3. The molecule has 0 aromatic heterocycles. The molecule has 100 valence electrons. The van der Waals surface area contributed by atoms with Gasteiger partial charge in [0.05, 0.1) is 0 Å². The Morgan fingerprint density at radius 1 is 1.44 bits per heavy atom. The van der Waals surface area contributed by atoms with Crippen molar-refractivity contribution in [3.63, 3.8) is 0 Å². The van der Waals surface area contributed by atoms with Gasteiger partial charge in [-0.3, -0.25) is 0 Å². The van der Waals surface area contributed by atoms with E-state index in [9.17, 15) is 5.11 Å². The average molecular weight is 270 g/mol. The van der Waals surface area contributed by atoms with Gasteiger partial charge in [0, 0.05) is 37.4 Å². The van der Waals surface area contributed by atoms with Crippen LogP contribution in [0, 0.1) is 5.41 Å². The third kappa shape index (κ3) is 3.37. The molecule has 0 aliphatic heterocycles. The van der Waals surface area contributed by atoms with Crippen LogP contribution in [-0.4, -0.2) is 25.4 Å². The number of ether oxygens (including phenoxy) is 1. The Morgan fingerprint density at radius 3 is 2.83 bits per heavy atom. The number of hydrogen-bond donors (Lipinski definition) is 2. The van der Waals surface area contributed by atoms with Crippen LogP contribution in [0.2, 0.25) is 5.02 Å². The maximum Gasteiger partial charge on any atom is 0.121 e. The summed E-state index contributed by atoms with van der Waals surface area (Å²) in [6, 6.07) is 5.22. The van der Waals surface area contributed by atoms with Crippen LogP contribution >= 0.6 is 11.6 Å². The van der Waals surface area contributed by atoms with Gasteiger partial charge >= 0.3 is 0 Å². The van der Waals surface area contributed by atoms with Crippen molar-refractivity contribution < 1.29 is 9.84 Å². The van der Waals surface area contributed by atoms with E-state index in [0.717, 1.165) is 25.1 Å². The largest absolute Gasteiger partial charge is 0.508 e. The molecule has 1 fully saturated rings. The molecule has 1 aromatic rings. The van der Waals surface area contributed by atoms with Gasteiger partial charge in [-0.2, -0.15) is 0 Å². The zero-order valence-electron chi connectivity index (χ0n) is 10.7. The van der Waals surface area contributed by atoms with E-state index in [4.69, 9.17) is 16.3 Å². The number of phenols is 1. The molecule has 1 aliphatic carbocycles. The molecule has 3 nitrogen and oxygen atoms in total. The van der Waals surface area contributed by atoms with E-state index in [2.05, 4.69) is 5.32 Å². The fourth-order valence-electron chi connectivity index (χ4n) is 2.19. The summed E-state index contributed by atoms with van der Waals surface area (Å²) in [6.07, 6.45) is 3.63. The lowest BCUT2D eigenvalue weighted by Crippen LogP contribution is -2.24. The lowest BCUT2D eigenvalue weighted by Gasteiger charge is -2.16. The van der Waals surface area contributed by atoms with Crippen molar-refractivity contribution in [3.05, 3.63) is 28.8 Å². The number of benzene rings is 1. The lowest BCUT2D eigenvalue weighted by molar-refractivity contribution is 0.171. The Kier molecular flexibility index (Phi) is 4.49. The molecule has 0 bridgehead atoms. The van der Waals surface area contributed by atoms with Crippen molar-refractivity contribution in [1.29, 1.82) is 0 Å². The first kappa shape index (κ1) is 13.7. The van der Waals surface area contributed by atoms with E-state index in [1.54, 1.807) is 25.3 Å². The van der Waals surface area contributed by atoms with Crippen LogP contribution in [0.15, 0.2) is 18.2 Å². The van der Waals surface area contributed by atoms with Gasteiger partial charge in [0.1, 0.15) is 5.75 Å². The Labute approximate surface area is 113 Å². The van der Waals surface area contributed by atoms with Crippen LogP contribution in [-0.2, 0) is 11.3 Å². The van der Waals surface area contributed by atoms with Crippen LogP contribution in [0.3, 0.4) is 0 Å². The van der Waals surface area contributed by atoms with Gasteiger partial charge in [0.25, 0.3) is 0 Å². The van der Waals surface area contributed by atoms with E-state index >= 15 is 0 Å². The summed E-state index contributed by atoms with van der Waals surface area (Å²) in [5.74, 6) is 0.261. The number of aromatic hydroxyl groups is 1. The predicted molar refractivity (Wildman–Crippen MR) is 73.0 cm³/mol. The van der Waals surface area contributed by atoms with Gasteiger partial charge in [-0.15, -0.1) is 0 Å². The van der Waals surface area contributed by atoms with Crippen LogP contribution < -0.4 is 5.32 Å². The smallest absolute Gasteiger partial charge is 0.121 e. The van der Waals surface area contributed by atoms with Crippen molar-refractivity contribution in [3.8, 4) is 5.75 Å². The van der Waals surface area contributed by atoms with Crippen molar-refractivity contribution in [2.24, 2.45) is 5.41 Å². The Morgan fingerprint density at radius 2 is 2.22 bits per heavy atom. The molecule has 18 heavy (non-hydrogen) atoms. The molecule has 0 spiro atoms. The first-order chi connectivity index (χ1) is 8.67. The number of methoxy groups -OCH3 is 1. The minimum absolute atomic E-state index is 0.261. The molecule has 2 rings (SSSR count). The third-order valence-corrected chi connectivity index (χ3v) is 4.04. The lowest BCUT2D eigenvalue weighted by atomic mass is 10.0. The average Bonchev–Trinajstić information content (AvgIpc) is 3.11. The van der Waals surface area contributed by atoms with Gasteiger partial charge in [-0.25, -0.2) is 0 Å². The van der Waals surface area contributed by atoms with Crippen LogP contribution in [0.25, 0.3) is 0 Å². The predicted octanol–water partition coefficient (Wildman–Crippen LogP) is 2.95. The highest BCUT2D eigenvalue weighted by Gasteiger charge is 2.41. The Bertz CT molecular complexity index is 385. The quantitative estimate of drug-likeness (QED) is 0.800. The van der Waals surface area contributed by atoms with Crippen molar-refractivity contribution in [2.75, 3.05) is 20.3 Å². The molecule has 0 atom stereocenters. The molecule has 0 unspecified atom stereocenters. The van der Waals surface area contributed by atoms with Gasteiger partial charge in [0.15, 0.2) is 0 Å². The molecule has 0 saturated heterocycles. The molecule has 4 heteroatoms. The summed E-state index contributed by atoms with van der Waals surface area (Å²) in [5.41, 5.74) is 1.19. The number of rotatable bonds is 7. The maximum absolute atomic E-state index is 9.73. The minimum Gasteiger partial charge on any atom is -0.508 e. The zero-order chi connectivity index (χ0) is 13.0. The van der Waals surface area contributed by atoms with E-state index in [1.165, 1.54) is 12.8 Å².